The zero-order valence-electron chi connectivity index (χ0n) is 22.5. The molecular weight excluding hydrogens is 464 g/mol. The molecule has 1 saturated heterocycles. The van der Waals surface area contributed by atoms with Crippen molar-refractivity contribution in [1.82, 2.24) is 4.90 Å². The molecule has 1 aromatic rings. The van der Waals surface area contributed by atoms with E-state index in [9.17, 15) is 9.59 Å². The number of nitrogens with zero attached hydrogens (tertiary/aromatic N) is 2. The Labute approximate surface area is 222 Å². The van der Waals surface area contributed by atoms with Crippen LogP contribution in [0.5, 0.6) is 0 Å². The first-order valence-corrected chi connectivity index (χ1v) is 14.8. The molecule has 0 unspecified atom stereocenters. The number of amides is 2. The van der Waals surface area contributed by atoms with Gasteiger partial charge in [-0.05, 0) is 87.5 Å². The van der Waals surface area contributed by atoms with Crippen molar-refractivity contribution in [3.05, 3.63) is 35.6 Å². The standard InChI is InChI=1S/C31H44N2O4/c1-36-28-18-14-23(15-19-28)20-21-32-30(34)29(37-31(32)35)22-24-12-16-27(17-13-24)33(25-8-4-2-5-9-25)26-10-6-3-7-11-26/h12-13,16-17,22-23,25-26,28H,2-11,14-15,18-21H2,1H3/b29-22+. The third-order valence-corrected chi connectivity index (χ3v) is 9.19. The number of ether oxygens (including phenoxy) is 2. The van der Waals surface area contributed by atoms with E-state index in [0.29, 0.717) is 30.7 Å². The van der Waals surface area contributed by atoms with E-state index in [4.69, 9.17) is 9.47 Å². The Balaban J connectivity index is 1.22. The molecule has 4 fully saturated rings. The molecule has 0 radical (unpaired) electrons. The molecule has 1 aromatic carbocycles. The van der Waals surface area contributed by atoms with Gasteiger partial charge < -0.3 is 14.4 Å². The van der Waals surface area contributed by atoms with Crippen LogP contribution in [0.3, 0.4) is 0 Å². The van der Waals surface area contributed by atoms with E-state index in [2.05, 4.69) is 29.2 Å². The summed E-state index contributed by atoms with van der Waals surface area (Å²) in [5.74, 6) is 0.354. The number of hydrogen-bond donors (Lipinski definition) is 0. The molecule has 37 heavy (non-hydrogen) atoms. The van der Waals surface area contributed by atoms with Gasteiger partial charge in [0.05, 0.1) is 6.10 Å². The maximum absolute atomic E-state index is 13.0. The monoisotopic (exact) mass is 508 g/mol. The topological polar surface area (TPSA) is 59.1 Å². The average Bonchev–Trinajstić information content (AvgIpc) is 3.21. The maximum atomic E-state index is 13.0. The minimum atomic E-state index is -0.542. The first-order chi connectivity index (χ1) is 18.1. The Morgan fingerprint density at radius 1 is 0.865 bits per heavy atom. The zero-order chi connectivity index (χ0) is 25.6. The number of rotatable bonds is 8. The summed E-state index contributed by atoms with van der Waals surface area (Å²) in [6.07, 6.45) is 19.8. The first kappa shape index (κ1) is 26.3. The van der Waals surface area contributed by atoms with Gasteiger partial charge in [-0.15, -0.1) is 0 Å². The van der Waals surface area contributed by atoms with Crippen LogP contribution in [0.2, 0.25) is 0 Å². The second-order valence-corrected chi connectivity index (χ2v) is 11.6. The number of cyclic esters (lactones) is 1. The van der Waals surface area contributed by atoms with Crippen molar-refractivity contribution < 1.29 is 19.1 Å². The minimum Gasteiger partial charge on any atom is -0.404 e. The summed E-state index contributed by atoms with van der Waals surface area (Å²) in [6.45, 7) is 0.425. The van der Waals surface area contributed by atoms with Crippen molar-refractivity contribution in [1.29, 1.82) is 0 Å². The molecule has 1 heterocycles. The summed E-state index contributed by atoms with van der Waals surface area (Å²) in [5, 5.41) is 0. The van der Waals surface area contributed by atoms with Gasteiger partial charge in [0.2, 0.25) is 0 Å². The van der Waals surface area contributed by atoms with E-state index in [1.807, 2.05) is 0 Å². The largest absolute Gasteiger partial charge is 0.422 e. The third kappa shape index (κ3) is 6.39. The van der Waals surface area contributed by atoms with Crippen LogP contribution in [0.1, 0.15) is 102 Å². The molecule has 0 aromatic heterocycles. The van der Waals surface area contributed by atoms with Gasteiger partial charge in [0.15, 0.2) is 5.76 Å². The fourth-order valence-electron chi connectivity index (χ4n) is 6.99. The predicted octanol–water partition coefficient (Wildman–Crippen LogP) is 7.07. The molecule has 4 aliphatic rings. The molecule has 0 N–H and O–H groups in total. The number of imide groups is 1. The molecule has 3 aliphatic carbocycles. The summed E-state index contributed by atoms with van der Waals surface area (Å²) in [5.41, 5.74) is 2.19. The normalized spacial score (nSPS) is 27.1. The van der Waals surface area contributed by atoms with Crippen molar-refractivity contribution in [3.8, 4) is 0 Å². The molecule has 0 spiro atoms. The number of anilines is 1. The van der Waals surface area contributed by atoms with Gasteiger partial charge in [-0.1, -0.05) is 50.7 Å². The Kier molecular flexibility index (Phi) is 8.85. The van der Waals surface area contributed by atoms with Gasteiger partial charge in [-0.3, -0.25) is 4.79 Å². The zero-order valence-corrected chi connectivity index (χ0v) is 22.5. The van der Waals surface area contributed by atoms with Gasteiger partial charge in [-0.2, -0.15) is 0 Å². The molecule has 0 atom stereocenters. The smallest absolute Gasteiger partial charge is 0.404 e. The highest BCUT2D eigenvalue weighted by atomic mass is 16.6. The summed E-state index contributed by atoms with van der Waals surface area (Å²) in [4.78, 5) is 29.4. The summed E-state index contributed by atoms with van der Waals surface area (Å²) < 4.78 is 10.9. The fraction of sp³-hybridized carbons (Fsp3) is 0.677. The van der Waals surface area contributed by atoms with Crippen LogP contribution in [0.15, 0.2) is 30.0 Å². The van der Waals surface area contributed by atoms with Crippen LogP contribution in [0.25, 0.3) is 6.08 Å². The molecule has 6 nitrogen and oxygen atoms in total. The highest BCUT2D eigenvalue weighted by molar-refractivity contribution is 6.09. The molecule has 2 amide bonds. The van der Waals surface area contributed by atoms with Crippen LogP contribution < -0.4 is 4.90 Å². The van der Waals surface area contributed by atoms with Gasteiger partial charge in [0.1, 0.15) is 0 Å². The Bertz CT molecular complexity index is 920. The molecule has 3 saturated carbocycles. The van der Waals surface area contributed by atoms with E-state index in [1.54, 1.807) is 13.2 Å². The van der Waals surface area contributed by atoms with Crippen LogP contribution >= 0.6 is 0 Å². The van der Waals surface area contributed by atoms with E-state index in [0.717, 1.165) is 37.7 Å². The predicted molar refractivity (Wildman–Crippen MR) is 146 cm³/mol. The fourth-order valence-corrected chi connectivity index (χ4v) is 6.99. The first-order valence-electron chi connectivity index (χ1n) is 14.8. The molecular formula is C31H44N2O4. The lowest BCUT2D eigenvalue weighted by molar-refractivity contribution is -0.123. The number of carbonyl (C=O) groups is 2. The SMILES string of the molecule is COC1CCC(CCN2C(=O)O/C(=C/c3ccc(N(C4CCCCC4)C4CCCCC4)cc3)C2=O)CC1. The van der Waals surface area contributed by atoms with Crippen molar-refractivity contribution in [3.63, 3.8) is 0 Å². The van der Waals surface area contributed by atoms with Crippen molar-refractivity contribution in [2.24, 2.45) is 5.92 Å². The van der Waals surface area contributed by atoms with Gasteiger partial charge in [-0.25, -0.2) is 9.69 Å². The van der Waals surface area contributed by atoms with Crippen LogP contribution in [-0.2, 0) is 14.3 Å². The molecule has 5 rings (SSSR count). The Morgan fingerprint density at radius 3 is 2.03 bits per heavy atom. The summed E-state index contributed by atoms with van der Waals surface area (Å²) in [7, 11) is 1.77. The quantitative estimate of drug-likeness (QED) is 0.351. The third-order valence-electron chi connectivity index (χ3n) is 9.19. The number of carbonyl (C=O) groups excluding carboxylic acids is 2. The summed E-state index contributed by atoms with van der Waals surface area (Å²) >= 11 is 0. The lowest BCUT2D eigenvalue weighted by Gasteiger charge is -2.43. The van der Waals surface area contributed by atoms with Crippen molar-refractivity contribution in [2.75, 3.05) is 18.6 Å². The van der Waals surface area contributed by atoms with Crippen molar-refractivity contribution in [2.45, 2.75) is 114 Å². The Morgan fingerprint density at radius 2 is 1.46 bits per heavy atom. The maximum Gasteiger partial charge on any atom is 0.422 e. The van der Waals surface area contributed by atoms with Crippen LogP contribution in [-0.4, -0.2) is 48.7 Å². The average molecular weight is 509 g/mol. The highest BCUT2D eigenvalue weighted by Crippen LogP contribution is 2.35. The second kappa shape index (κ2) is 12.5. The number of benzene rings is 1. The van der Waals surface area contributed by atoms with E-state index >= 15 is 0 Å². The molecule has 0 bridgehead atoms. The van der Waals surface area contributed by atoms with E-state index in [-0.39, 0.29) is 11.7 Å². The lowest BCUT2D eigenvalue weighted by Crippen LogP contribution is -2.45. The van der Waals surface area contributed by atoms with Gasteiger partial charge in [0.25, 0.3) is 5.91 Å². The molecule has 1 aliphatic heterocycles. The molecule has 202 valence electrons. The van der Waals surface area contributed by atoms with E-state index in [1.165, 1.54) is 74.8 Å². The highest BCUT2D eigenvalue weighted by Gasteiger charge is 2.37. The molecule has 6 heteroatoms. The summed E-state index contributed by atoms with van der Waals surface area (Å²) in [6, 6.07) is 9.81. The lowest BCUT2D eigenvalue weighted by atomic mass is 9.85. The van der Waals surface area contributed by atoms with E-state index < -0.39 is 6.09 Å². The minimum absolute atomic E-state index is 0.136. The van der Waals surface area contributed by atoms with Gasteiger partial charge in [0, 0.05) is 31.4 Å². The number of hydrogen-bond acceptors (Lipinski definition) is 5. The van der Waals surface area contributed by atoms with Gasteiger partial charge >= 0.3 is 6.09 Å². The van der Waals surface area contributed by atoms with Crippen LogP contribution in [0.4, 0.5) is 10.5 Å². The Hall–Kier alpha value is -2.34. The second-order valence-electron chi connectivity index (χ2n) is 11.6. The number of methoxy groups -OCH3 is 1. The van der Waals surface area contributed by atoms with Crippen molar-refractivity contribution >= 4 is 23.8 Å². The van der Waals surface area contributed by atoms with Crippen LogP contribution in [0, 0.1) is 5.92 Å².